The quantitative estimate of drug-likeness (QED) is 0.524. The highest BCUT2D eigenvalue weighted by molar-refractivity contribution is 5.96. The second-order valence-corrected chi connectivity index (χ2v) is 3.28. The Hall–Kier alpha value is -1.42. The first-order valence-corrected chi connectivity index (χ1v) is 5.39. The zero-order valence-corrected chi connectivity index (χ0v) is 9.73. The first-order valence-electron chi connectivity index (χ1n) is 5.39. The first-order chi connectivity index (χ1) is 7.79. The predicted molar refractivity (Wildman–Crippen MR) is 60.8 cm³/mol. The van der Waals surface area contributed by atoms with E-state index in [1.807, 2.05) is 6.92 Å². The van der Waals surface area contributed by atoms with E-state index in [1.165, 1.54) is 7.11 Å². The highest BCUT2D eigenvalue weighted by atomic mass is 16.5. The fourth-order valence-electron chi connectivity index (χ4n) is 1.36. The molecule has 88 valence electrons. The van der Waals surface area contributed by atoms with Crippen molar-refractivity contribution in [2.75, 3.05) is 20.3 Å². The number of pyridine rings is 1. The Bertz CT molecular complexity index is 339. The van der Waals surface area contributed by atoms with Crippen LogP contribution in [-0.4, -0.2) is 31.1 Å². The van der Waals surface area contributed by atoms with Crippen molar-refractivity contribution in [3.8, 4) is 5.75 Å². The summed E-state index contributed by atoms with van der Waals surface area (Å²) in [5, 5.41) is 0. The van der Waals surface area contributed by atoms with Gasteiger partial charge in [-0.15, -0.1) is 0 Å². The second-order valence-electron chi connectivity index (χ2n) is 3.28. The SMILES string of the molecule is CCOCCCC(=O)c1ncccc1OC. The van der Waals surface area contributed by atoms with Crippen molar-refractivity contribution >= 4 is 5.78 Å². The number of Topliss-reactive ketones (excluding diaryl/α,β-unsaturated/α-hetero) is 1. The van der Waals surface area contributed by atoms with Crippen LogP contribution in [0.5, 0.6) is 5.75 Å². The van der Waals surface area contributed by atoms with E-state index >= 15 is 0 Å². The van der Waals surface area contributed by atoms with Crippen molar-refractivity contribution < 1.29 is 14.3 Å². The molecule has 0 atom stereocenters. The van der Waals surface area contributed by atoms with Crippen LogP contribution >= 0.6 is 0 Å². The Morgan fingerprint density at radius 1 is 1.50 bits per heavy atom. The zero-order chi connectivity index (χ0) is 11.8. The lowest BCUT2D eigenvalue weighted by atomic mass is 10.1. The van der Waals surface area contributed by atoms with Gasteiger partial charge in [-0.3, -0.25) is 4.79 Å². The average molecular weight is 223 g/mol. The number of methoxy groups -OCH3 is 1. The fraction of sp³-hybridized carbons (Fsp3) is 0.500. The zero-order valence-electron chi connectivity index (χ0n) is 9.73. The molecule has 0 fully saturated rings. The van der Waals surface area contributed by atoms with Crippen molar-refractivity contribution in [2.45, 2.75) is 19.8 Å². The lowest BCUT2D eigenvalue weighted by molar-refractivity contribution is 0.0939. The summed E-state index contributed by atoms with van der Waals surface area (Å²) in [5.41, 5.74) is 0.404. The molecule has 1 aromatic heterocycles. The number of carbonyl (C=O) groups excluding carboxylic acids is 1. The fourth-order valence-corrected chi connectivity index (χ4v) is 1.36. The smallest absolute Gasteiger partial charge is 0.185 e. The molecule has 0 N–H and O–H groups in total. The molecule has 1 rings (SSSR count). The number of carbonyl (C=O) groups is 1. The van der Waals surface area contributed by atoms with Crippen LogP contribution in [0.1, 0.15) is 30.3 Å². The van der Waals surface area contributed by atoms with Gasteiger partial charge in [-0.2, -0.15) is 0 Å². The van der Waals surface area contributed by atoms with Gasteiger partial charge in [0, 0.05) is 25.8 Å². The molecule has 4 heteroatoms. The minimum Gasteiger partial charge on any atom is -0.494 e. The maximum absolute atomic E-state index is 11.8. The van der Waals surface area contributed by atoms with Crippen LogP contribution in [0.25, 0.3) is 0 Å². The first kappa shape index (κ1) is 12.6. The standard InChI is InChI=1S/C12H17NO3/c1-3-16-9-5-6-10(14)12-11(15-2)7-4-8-13-12/h4,7-8H,3,5-6,9H2,1-2H3. The minimum atomic E-state index is -0.00264. The molecule has 1 aromatic rings. The molecule has 0 aliphatic rings. The van der Waals surface area contributed by atoms with Gasteiger partial charge in [0.05, 0.1) is 7.11 Å². The Morgan fingerprint density at radius 3 is 3.00 bits per heavy atom. The molecule has 0 saturated heterocycles. The summed E-state index contributed by atoms with van der Waals surface area (Å²) in [5.74, 6) is 0.529. The van der Waals surface area contributed by atoms with E-state index < -0.39 is 0 Å². The molecule has 0 unspecified atom stereocenters. The van der Waals surface area contributed by atoms with Crippen LogP contribution < -0.4 is 4.74 Å². The molecule has 0 amide bonds. The summed E-state index contributed by atoms with van der Waals surface area (Å²) in [6, 6.07) is 3.48. The summed E-state index contributed by atoms with van der Waals surface area (Å²) < 4.78 is 10.3. The highest BCUT2D eigenvalue weighted by Crippen LogP contribution is 2.16. The van der Waals surface area contributed by atoms with E-state index in [-0.39, 0.29) is 5.78 Å². The number of aromatic nitrogens is 1. The Kier molecular flexibility index (Phi) is 5.50. The third-order valence-electron chi connectivity index (χ3n) is 2.15. The lowest BCUT2D eigenvalue weighted by Crippen LogP contribution is -2.06. The molecule has 0 aliphatic carbocycles. The number of hydrogen-bond donors (Lipinski definition) is 0. The minimum absolute atomic E-state index is 0.00264. The molecule has 4 nitrogen and oxygen atoms in total. The van der Waals surface area contributed by atoms with Crippen LogP contribution in [0, 0.1) is 0 Å². The number of ketones is 1. The molecule has 0 spiro atoms. The van der Waals surface area contributed by atoms with Crippen LogP contribution in [0.4, 0.5) is 0 Å². The van der Waals surface area contributed by atoms with Crippen LogP contribution in [0.15, 0.2) is 18.3 Å². The van der Waals surface area contributed by atoms with E-state index in [9.17, 15) is 4.79 Å². The molecule has 0 bridgehead atoms. The van der Waals surface area contributed by atoms with Gasteiger partial charge in [-0.25, -0.2) is 4.98 Å². The van der Waals surface area contributed by atoms with Gasteiger partial charge >= 0.3 is 0 Å². The van der Waals surface area contributed by atoms with Crippen molar-refractivity contribution in [1.82, 2.24) is 4.98 Å². The molecular weight excluding hydrogens is 206 g/mol. The van der Waals surface area contributed by atoms with Crippen molar-refractivity contribution in [1.29, 1.82) is 0 Å². The Labute approximate surface area is 95.6 Å². The van der Waals surface area contributed by atoms with Gasteiger partial charge < -0.3 is 9.47 Å². The summed E-state index contributed by atoms with van der Waals surface area (Å²) in [6.07, 6.45) is 2.75. The average Bonchev–Trinajstić information content (AvgIpc) is 2.34. The van der Waals surface area contributed by atoms with Crippen LogP contribution in [0.3, 0.4) is 0 Å². The van der Waals surface area contributed by atoms with Gasteiger partial charge in [0.2, 0.25) is 0 Å². The largest absolute Gasteiger partial charge is 0.494 e. The second kappa shape index (κ2) is 6.95. The molecule has 1 heterocycles. The predicted octanol–water partition coefficient (Wildman–Crippen LogP) is 2.09. The van der Waals surface area contributed by atoms with Gasteiger partial charge in [0.25, 0.3) is 0 Å². The van der Waals surface area contributed by atoms with Crippen molar-refractivity contribution in [3.05, 3.63) is 24.0 Å². The highest BCUT2D eigenvalue weighted by Gasteiger charge is 2.12. The summed E-state index contributed by atoms with van der Waals surface area (Å²) >= 11 is 0. The number of rotatable bonds is 7. The maximum Gasteiger partial charge on any atom is 0.185 e. The Morgan fingerprint density at radius 2 is 2.31 bits per heavy atom. The monoisotopic (exact) mass is 223 g/mol. The molecule has 0 saturated carbocycles. The molecule has 0 aliphatic heterocycles. The van der Waals surface area contributed by atoms with Gasteiger partial charge in [0.15, 0.2) is 5.78 Å². The third kappa shape index (κ3) is 3.62. The number of ether oxygens (including phenoxy) is 2. The van der Waals surface area contributed by atoms with Gasteiger partial charge in [-0.1, -0.05) is 0 Å². The molecular formula is C12H17NO3. The summed E-state index contributed by atoms with van der Waals surface area (Å²) in [7, 11) is 1.54. The van der Waals surface area contributed by atoms with Gasteiger partial charge in [-0.05, 0) is 25.5 Å². The van der Waals surface area contributed by atoms with Crippen LogP contribution in [-0.2, 0) is 4.74 Å². The van der Waals surface area contributed by atoms with E-state index in [2.05, 4.69) is 4.98 Å². The Balaban J connectivity index is 2.52. The van der Waals surface area contributed by atoms with E-state index in [1.54, 1.807) is 18.3 Å². The topological polar surface area (TPSA) is 48.4 Å². The van der Waals surface area contributed by atoms with Crippen molar-refractivity contribution in [2.24, 2.45) is 0 Å². The van der Waals surface area contributed by atoms with Crippen molar-refractivity contribution in [3.63, 3.8) is 0 Å². The van der Waals surface area contributed by atoms with E-state index in [0.717, 1.165) is 0 Å². The lowest BCUT2D eigenvalue weighted by Gasteiger charge is -2.05. The van der Waals surface area contributed by atoms with Gasteiger partial charge in [0.1, 0.15) is 11.4 Å². The number of nitrogens with zero attached hydrogens (tertiary/aromatic N) is 1. The molecule has 0 radical (unpaired) electrons. The third-order valence-corrected chi connectivity index (χ3v) is 2.15. The normalized spacial score (nSPS) is 10.1. The maximum atomic E-state index is 11.8. The van der Waals surface area contributed by atoms with E-state index in [4.69, 9.17) is 9.47 Å². The van der Waals surface area contributed by atoms with Crippen LogP contribution in [0.2, 0.25) is 0 Å². The van der Waals surface area contributed by atoms with E-state index in [0.29, 0.717) is 37.5 Å². The molecule has 16 heavy (non-hydrogen) atoms. The summed E-state index contributed by atoms with van der Waals surface area (Å²) in [6.45, 7) is 3.22. The number of hydrogen-bond acceptors (Lipinski definition) is 4. The molecule has 0 aromatic carbocycles. The summed E-state index contributed by atoms with van der Waals surface area (Å²) in [4.78, 5) is 15.8.